The molecule has 0 bridgehead atoms. The maximum absolute atomic E-state index is 12.3. The molecule has 5 heteroatoms. The Morgan fingerprint density at radius 2 is 2.18 bits per heavy atom. The highest BCUT2D eigenvalue weighted by atomic mass is 16.6. The highest BCUT2D eigenvalue weighted by Crippen LogP contribution is 2.38. The van der Waals surface area contributed by atoms with Crippen LogP contribution in [0.5, 0.6) is 0 Å². The lowest BCUT2D eigenvalue weighted by molar-refractivity contribution is 0.0251. The molecule has 122 valence electrons. The van der Waals surface area contributed by atoms with Crippen molar-refractivity contribution < 1.29 is 13.9 Å². The second kappa shape index (κ2) is 5.61. The van der Waals surface area contributed by atoms with Crippen molar-refractivity contribution in [3.05, 3.63) is 23.7 Å². The summed E-state index contributed by atoms with van der Waals surface area (Å²) in [4.78, 5) is 14.1. The molecule has 3 rings (SSSR count). The van der Waals surface area contributed by atoms with Crippen molar-refractivity contribution in [2.75, 3.05) is 19.6 Å². The lowest BCUT2D eigenvalue weighted by atomic mass is 9.82. The summed E-state index contributed by atoms with van der Waals surface area (Å²) in [5.74, 6) is 1.07. The van der Waals surface area contributed by atoms with Crippen LogP contribution < -0.4 is 5.32 Å². The first-order chi connectivity index (χ1) is 10.4. The fraction of sp³-hybridized carbons (Fsp3) is 0.706. The van der Waals surface area contributed by atoms with Gasteiger partial charge < -0.3 is 19.4 Å². The predicted molar refractivity (Wildman–Crippen MR) is 83.8 cm³/mol. The Balaban J connectivity index is 1.72. The van der Waals surface area contributed by atoms with Gasteiger partial charge in [0.05, 0.1) is 11.8 Å². The summed E-state index contributed by atoms with van der Waals surface area (Å²) < 4.78 is 11.3. The molecule has 1 aromatic heterocycles. The highest BCUT2D eigenvalue weighted by Gasteiger charge is 2.41. The average molecular weight is 306 g/mol. The van der Waals surface area contributed by atoms with E-state index in [9.17, 15) is 4.79 Å². The molecule has 2 aliphatic heterocycles. The van der Waals surface area contributed by atoms with E-state index in [1.807, 2.05) is 25.7 Å². The Bertz CT molecular complexity index is 546. The molecule has 1 aromatic rings. The maximum Gasteiger partial charge on any atom is 0.410 e. The van der Waals surface area contributed by atoms with Crippen LogP contribution in [-0.2, 0) is 16.7 Å². The number of carbonyl (C=O) groups is 1. The summed E-state index contributed by atoms with van der Waals surface area (Å²) in [5, 5.41) is 3.65. The van der Waals surface area contributed by atoms with Gasteiger partial charge in [-0.3, -0.25) is 0 Å². The van der Waals surface area contributed by atoms with E-state index in [-0.39, 0.29) is 11.6 Å². The zero-order valence-electron chi connectivity index (χ0n) is 13.8. The number of rotatable bonds is 0. The fourth-order valence-electron chi connectivity index (χ4n) is 3.52. The number of nitrogens with zero attached hydrogens (tertiary/aromatic N) is 1. The average Bonchev–Trinajstić information content (AvgIpc) is 2.81. The summed E-state index contributed by atoms with van der Waals surface area (Å²) >= 11 is 0. The first kappa shape index (κ1) is 15.4. The van der Waals surface area contributed by atoms with Crippen LogP contribution in [0.3, 0.4) is 0 Å². The van der Waals surface area contributed by atoms with Crippen molar-refractivity contribution in [1.29, 1.82) is 0 Å². The molecule has 1 saturated heterocycles. The Morgan fingerprint density at radius 1 is 1.36 bits per heavy atom. The molecule has 2 aliphatic rings. The molecule has 1 atom stereocenters. The molecular weight excluding hydrogens is 280 g/mol. The molecule has 1 unspecified atom stereocenters. The van der Waals surface area contributed by atoms with E-state index in [0.29, 0.717) is 6.54 Å². The first-order valence-corrected chi connectivity index (χ1v) is 8.19. The zero-order valence-corrected chi connectivity index (χ0v) is 13.8. The molecule has 0 radical (unpaired) electrons. The monoisotopic (exact) mass is 306 g/mol. The maximum atomic E-state index is 12.3. The summed E-state index contributed by atoms with van der Waals surface area (Å²) in [6.07, 6.45) is 5.41. The van der Waals surface area contributed by atoms with Crippen LogP contribution in [-0.4, -0.2) is 36.2 Å². The zero-order chi connectivity index (χ0) is 15.8. The standard InChI is InChI=1S/C17H26N2O3/c1-16(2,3)22-15(20)19-10-4-7-17(8-11-19)14-13(5-9-18-17)6-12-21-14/h6,12,18H,4-5,7-11H2,1-3H3. The second-order valence-corrected chi connectivity index (χ2v) is 7.35. The van der Waals surface area contributed by atoms with Crippen molar-refractivity contribution in [3.8, 4) is 0 Å². The van der Waals surface area contributed by atoms with Crippen molar-refractivity contribution in [2.24, 2.45) is 0 Å². The molecule has 1 fully saturated rings. The summed E-state index contributed by atoms with van der Waals surface area (Å²) in [5.41, 5.74) is 0.746. The van der Waals surface area contributed by atoms with Crippen molar-refractivity contribution in [3.63, 3.8) is 0 Å². The molecule has 22 heavy (non-hydrogen) atoms. The Morgan fingerprint density at radius 3 is 2.95 bits per heavy atom. The predicted octanol–water partition coefficient (Wildman–Crippen LogP) is 3.04. The summed E-state index contributed by atoms with van der Waals surface area (Å²) in [7, 11) is 0. The Labute approximate surface area is 132 Å². The molecule has 1 amide bonds. The minimum Gasteiger partial charge on any atom is -0.467 e. The van der Waals surface area contributed by atoms with E-state index in [2.05, 4.69) is 11.4 Å². The number of fused-ring (bicyclic) bond motifs is 2. The lowest BCUT2D eigenvalue weighted by Gasteiger charge is -2.36. The van der Waals surface area contributed by atoms with Gasteiger partial charge in [0.1, 0.15) is 11.4 Å². The van der Waals surface area contributed by atoms with E-state index in [1.165, 1.54) is 5.56 Å². The number of ether oxygens (including phenoxy) is 1. The van der Waals surface area contributed by atoms with Gasteiger partial charge in [0.25, 0.3) is 0 Å². The third-order valence-electron chi connectivity index (χ3n) is 4.53. The largest absolute Gasteiger partial charge is 0.467 e. The number of likely N-dealkylation sites (tertiary alicyclic amines) is 1. The minimum atomic E-state index is -0.446. The molecule has 3 heterocycles. The van der Waals surface area contributed by atoms with Gasteiger partial charge in [-0.1, -0.05) is 0 Å². The first-order valence-electron chi connectivity index (χ1n) is 8.19. The van der Waals surface area contributed by atoms with Gasteiger partial charge in [0.2, 0.25) is 0 Å². The van der Waals surface area contributed by atoms with Crippen LogP contribution >= 0.6 is 0 Å². The van der Waals surface area contributed by atoms with Crippen LogP contribution in [0.25, 0.3) is 0 Å². The van der Waals surface area contributed by atoms with E-state index in [4.69, 9.17) is 9.15 Å². The van der Waals surface area contributed by atoms with Gasteiger partial charge in [-0.15, -0.1) is 0 Å². The normalized spacial score (nSPS) is 25.7. The SMILES string of the molecule is CC(C)(C)OC(=O)N1CCCC2(CC1)NCCc1ccoc12. The number of carbonyl (C=O) groups excluding carboxylic acids is 1. The van der Waals surface area contributed by atoms with E-state index >= 15 is 0 Å². The van der Waals surface area contributed by atoms with Crippen molar-refractivity contribution in [2.45, 2.75) is 57.6 Å². The van der Waals surface area contributed by atoms with Gasteiger partial charge in [-0.05, 0) is 58.1 Å². The van der Waals surface area contributed by atoms with Gasteiger partial charge in [0.15, 0.2) is 0 Å². The van der Waals surface area contributed by atoms with Gasteiger partial charge in [0, 0.05) is 19.6 Å². The third kappa shape index (κ3) is 3.00. The molecule has 1 spiro atoms. The van der Waals surface area contributed by atoms with Crippen molar-refractivity contribution >= 4 is 6.09 Å². The number of hydrogen-bond acceptors (Lipinski definition) is 4. The number of furan rings is 1. The summed E-state index contributed by atoms with van der Waals surface area (Å²) in [6.45, 7) is 8.13. The van der Waals surface area contributed by atoms with Crippen LogP contribution in [0.1, 0.15) is 51.4 Å². The topological polar surface area (TPSA) is 54.7 Å². The van der Waals surface area contributed by atoms with Gasteiger partial charge in [-0.25, -0.2) is 4.79 Å². The van der Waals surface area contributed by atoms with E-state index < -0.39 is 5.60 Å². The minimum absolute atomic E-state index is 0.117. The number of nitrogens with one attached hydrogen (secondary N) is 1. The van der Waals surface area contributed by atoms with Crippen LogP contribution in [0.2, 0.25) is 0 Å². The third-order valence-corrected chi connectivity index (χ3v) is 4.53. The second-order valence-electron chi connectivity index (χ2n) is 7.35. The highest BCUT2D eigenvalue weighted by molar-refractivity contribution is 5.68. The Hall–Kier alpha value is -1.49. The molecular formula is C17H26N2O3. The quantitative estimate of drug-likeness (QED) is 0.800. The smallest absolute Gasteiger partial charge is 0.410 e. The summed E-state index contributed by atoms with van der Waals surface area (Å²) in [6, 6.07) is 2.08. The molecule has 5 nitrogen and oxygen atoms in total. The molecule has 0 aliphatic carbocycles. The van der Waals surface area contributed by atoms with Crippen LogP contribution in [0.4, 0.5) is 4.79 Å². The van der Waals surface area contributed by atoms with Gasteiger partial charge in [-0.2, -0.15) is 0 Å². The lowest BCUT2D eigenvalue weighted by Crippen LogP contribution is -2.47. The van der Waals surface area contributed by atoms with Crippen LogP contribution in [0.15, 0.2) is 16.7 Å². The molecule has 1 N–H and O–H groups in total. The van der Waals surface area contributed by atoms with E-state index in [1.54, 1.807) is 6.26 Å². The van der Waals surface area contributed by atoms with E-state index in [0.717, 1.165) is 44.5 Å². The van der Waals surface area contributed by atoms with Crippen LogP contribution in [0, 0.1) is 0 Å². The van der Waals surface area contributed by atoms with Crippen molar-refractivity contribution in [1.82, 2.24) is 10.2 Å². The number of amides is 1. The number of hydrogen-bond donors (Lipinski definition) is 1. The van der Waals surface area contributed by atoms with Gasteiger partial charge >= 0.3 is 6.09 Å². The Kier molecular flexibility index (Phi) is 3.93. The molecule has 0 saturated carbocycles. The fourth-order valence-corrected chi connectivity index (χ4v) is 3.52. The molecule has 0 aromatic carbocycles.